The van der Waals surface area contributed by atoms with Crippen LogP contribution < -0.4 is 4.74 Å². The van der Waals surface area contributed by atoms with Crippen LogP contribution in [0.15, 0.2) is 36.5 Å². The second kappa shape index (κ2) is 7.86. The van der Waals surface area contributed by atoms with E-state index < -0.39 is 11.9 Å². The molecular formula is C19H18N2O6. The van der Waals surface area contributed by atoms with Gasteiger partial charge in [-0.15, -0.1) is 0 Å². The maximum atomic E-state index is 11.9. The van der Waals surface area contributed by atoms with Crippen molar-refractivity contribution < 1.29 is 29.0 Å². The molecule has 0 spiro atoms. The molecule has 1 fully saturated rings. The zero-order valence-corrected chi connectivity index (χ0v) is 14.7. The quantitative estimate of drug-likeness (QED) is 0.779. The van der Waals surface area contributed by atoms with Crippen LogP contribution in [0.1, 0.15) is 39.3 Å². The molecule has 0 bridgehead atoms. The Bertz CT molecular complexity index is 878. The topological polar surface area (TPSA) is 106 Å². The number of hydrogen-bond donors (Lipinski definition) is 1. The summed E-state index contributed by atoms with van der Waals surface area (Å²) in [6.45, 7) is 1.03. The number of ether oxygens (including phenoxy) is 2. The first-order valence-corrected chi connectivity index (χ1v) is 8.34. The fourth-order valence-electron chi connectivity index (χ4n) is 2.80. The van der Waals surface area contributed by atoms with Crippen molar-refractivity contribution in [1.82, 2.24) is 9.88 Å². The molecule has 1 amide bonds. The lowest BCUT2D eigenvalue weighted by Crippen LogP contribution is -2.24. The number of carboxylic acid groups (broad SMARTS) is 1. The van der Waals surface area contributed by atoms with Gasteiger partial charge in [0.15, 0.2) is 0 Å². The summed E-state index contributed by atoms with van der Waals surface area (Å²) in [5, 5.41) is 8.93. The minimum atomic E-state index is -1.14. The smallest absolute Gasteiger partial charge is 0.354 e. The molecule has 0 aliphatic carbocycles. The zero-order chi connectivity index (χ0) is 19.4. The monoisotopic (exact) mass is 370 g/mol. The van der Waals surface area contributed by atoms with Crippen LogP contribution in [0.5, 0.6) is 11.5 Å². The van der Waals surface area contributed by atoms with Gasteiger partial charge in [-0.2, -0.15) is 0 Å². The zero-order valence-electron chi connectivity index (χ0n) is 14.7. The highest BCUT2D eigenvalue weighted by Gasteiger charge is 2.22. The summed E-state index contributed by atoms with van der Waals surface area (Å²) in [5.41, 5.74) is 0.924. The molecule has 8 nitrogen and oxygen atoms in total. The molecule has 0 saturated carbocycles. The average Bonchev–Trinajstić information content (AvgIpc) is 3.07. The van der Waals surface area contributed by atoms with Crippen LogP contribution in [0.25, 0.3) is 0 Å². The van der Waals surface area contributed by atoms with Gasteiger partial charge in [0.25, 0.3) is 0 Å². The number of methoxy groups -OCH3 is 1. The molecular weight excluding hydrogens is 352 g/mol. The summed E-state index contributed by atoms with van der Waals surface area (Å²) < 4.78 is 10.6. The number of nitrogens with zero attached hydrogens (tertiary/aromatic N) is 2. The maximum absolute atomic E-state index is 11.9. The highest BCUT2D eigenvalue weighted by molar-refractivity contribution is 5.90. The minimum Gasteiger partial charge on any atom is -0.477 e. The fraction of sp³-hybridized carbons (Fsp3) is 0.263. The summed E-state index contributed by atoms with van der Waals surface area (Å²) >= 11 is 0. The molecule has 1 aromatic carbocycles. The number of esters is 1. The van der Waals surface area contributed by atoms with Crippen LogP contribution in [0.2, 0.25) is 0 Å². The number of amides is 1. The lowest BCUT2D eigenvalue weighted by molar-refractivity contribution is -0.128. The lowest BCUT2D eigenvalue weighted by atomic mass is 10.1. The van der Waals surface area contributed by atoms with E-state index in [1.54, 1.807) is 17.0 Å². The van der Waals surface area contributed by atoms with E-state index in [2.05, 4.69) is 4.98 Å². The molecule has 1 saturated heterocycles. The number of aromatic nitrogens is 1. The van der Waals surface area contributed by atoms with Crippen LogP contribution in [0, 0.1) is 0 Å². The van der Waals surface area contributed by atoms with Crippen LogP contribution in [0.3, 0.4) is 0 Å². The summed E-state index contributed by atoms with van der Waals surface area (Å²) in [6.07, 6.45) is 2.63. The van der Waals surface area contributed by atoms with Crippen LogP contribution in [-0.2, 0) is 16.1 Å². The van der Waals surface area contributed by atoms with E-state index in [1.165, 1.54) is 31.5 Å². The molecule has 1 aromatic heterocycles. The summed E-state index contributed by atoms with van der Waals surface area (Å²) in [4.78, 5) is 40.2. The Balaban J connectivity index is 1.90. The van der Waals surface area contributed by atoms with Gasteiger partial charge in [0.1, 0.15) is 17.2 Å². The molecule has 0 radical (unpaired) electrons. The first-order chi connectivity index (χ1) is 13.0. The normalized spacial score (nSPS) is 13.5. The third-order valence-corrected chi connectivity index (χ3v) is 4.20. The van der Waals surface area contributed by atoms with E-state index >= 15 is 0 Å². The SMILES string of the molecule is COC(=O)c1ccc(CN2CCCC2=O)c(Oc2ccc(C(=O)O)nc2)c1. The van der Waals surface area contributed by atoms with Gasteiger partial charge < -0.3 is 19.5 Å². The number of carbonyl (C=O) groups is 3. The maximum Gasteiger partial charge on any atom is 0.354 e. The van der Waals surface area contributed by atoms with E-state index in [-0.39, 0.29) is 11.6 Å². The van der Waals surface area contributed by atoms with Crippen LogP contribution >= 0.6 is 0 Å². The number of carboxylic acids is 1. The number of hydrogen-bond acceptors (Lipinski definition) is 6. The van der Waals surface area contributed by atoms with Crippen molar-refractivity contribution in [1.29, 1.82) is 0 Å². The van der Waals surface area contributed by atoms with Crippen molar-refractivity contribution in [3.63, 3.8) is 0 Å². The van der Waals surface area contributed by atoms with E-state index in [0.717, 1.165) is 12.0 Å². The molecule has 0 unspecified atom stereocenters. The molecule has 1 N–H and O–H groups in total. The number of benzene rings is 1. The number of pyridine rings is 1. The molecule has 1 aliphatic heterocycles. The Morgan fingerprint density at radius 1 is 1.26 bits per heavy atom. The molecule has 3 rings (SSSR count). The Kier molecular flexibility index (Phi) is 5.35. The van der Waals surface area contributed by atoms with Crippen molar-refractivity contribution in [2.24, 2.45) is 0 Å². The fourth-order valence-corrected chi connectivity index (χ4v) is 2.80. The first kappa shape index (κ1) is 18.4. The molecule has 0 atom stereocenters. The van der Waals surface area contributed by atoms with Crippen molar-refractivity contribution in [2.45, 2.75) is 19.4 Å². The number of aromatic carboxylic acids is 1. The number of rotatable bonds is 6. The van der Waals surface area contributed by atoms with E-state index in [1.807, 2.05) is 0 Å². The highest BCUT2D eigenvalue weighted by Crippen LogP contribution is 2.29. The Labute approximate surface area is 155 Å². The first-order valence-electron chi connectivity index (χ1n) is 8.34. The number of likely N-dealkylation sites (tertiary alicyclic amines) is 1. The lowest BCUT2D eigenvalue weighted by Gasteiger charge is -2.19. The van der Waals surface area contributed by atoms with Gasteiger partial charge in [0.05, 0.1) is 18.9 Å². The number of carbonyl (C=O) groups excluding carboxylic acids is 2. The van der Waals surface area contributed by atoms with Crippen LogP contribution in [-0.4, -0.2) is 46.5 Å². The molecule has 2 heterocycles. The van der Waals surface area contributed by atoms with Gasteiger partial charge in [0.2, 0.25) is 5.91 Å². The van der Waals surface area contributed by atoms with Gasteiger partial charge in [-0.25, -0.2) is 14.6 Å². The third kappa shape index (κ3) is 4.22. The second-order valence-electron chi connectivity index (χ2n) is 6.02. The van der Waals surface area contributed by atoms with Crippen molar-refractivity contribution in [2.75, 3.05) is 13.7 Å². The summed E-state index contributed by atoms with van der Waals surface area (Å²) in [5.74, 6) is -0.880. The van der Waals surface area contributed by atoms with Crippen molar-refractivity contribution in [3.05, 3.63) is 53.3 Å². The van der Waals surface area contributed by atoms with Crippen molar-refractivity contribution in [3.8, 4) is 11.5 Å². The van der Waals surface area contributed by atoms with Crippen molar-refractivity contribution >= 4 is 17.8 Å². The van der Waals surface area contributed by atoms with E-state index in [4.69, 9.17) is 14.6 Å². The predicted octanol–water partition coefficient (Wildman–Crippen LogP) is 2.48. The Morgan fingerprint density at radius 3 is 2.67 bits per heavy atom. The average molecular weight is 370 g/mol. The minimum absolute atomic E-state index is 0.0745. The Morgan fingerprint density at radius 2 is 2.07 bits per heavy atom. The third-order valence-electron chi connectivity index (χ3n) is 4.20. The van der Waals surface area contributed by atoms with Gasteiger partial charge in [-0.3, -0.25) is 4.79 Å². The highest BCUT2D eigenvalue weighted by atomic mass is 16.5. The summed E-state index contributed by atoms with van der Waals surface area (Å²) in [6, 6.07) is 7.66. The second-order valence-corrected chi connectivity index (χ2v) is 6.02. The molecule has 27 heavy (non-hydrogen) atoms. The predicted molar refractivity (Wildman–Crippen MR) is 93.7 cm³/mol. The summed E-state index contributed by atoms with van der Waals surface area (Å²) in [7, 11) is 1.29. The van der Waals surface area contributed by atoms with E-state index in [0.29, 0.717) is 36.6 Å². The molecule has 1 aliphatic rings. The van der Waals surface area contributed by atoms with Gasteiger partial charge in [-0.05, 0) is 30.7 Å². The Hall–Kier alpha value is -3.42. The molecule has 140 valence electrons. The molecule has 8 heteroatoms. The standard InChI is InChI=1S/C19H18N2O6/c1-26-19(25)12-4-5-13(11-21-8-2-3-17(21)22)16(9-12)27-14-6-7-15(18(23)24)20-10-14/h4-7,9-10H,2-3,8,11H2,1H3,(H,23,24). The largest absolute Gasteiger partial charge is 0.477 e. The van der Waals surface area contributed by atoms with Gasteiger partial charge >= 0.3 is 11.9 Å². The van der Waals surface area contributed by atoms with Gasteiger partial charge in [0, 0.05) is 25.1 Å². The molecule has 2 aromatic rings. The van der Waals surface area contributed by atoms with E-state index in [9.17, 15) is 14.4 Å². The van der Waals surface area contributed by atoms with Crippen LogP contribution in [0.4, 0.5) is 0 Å². The van der Waals surface area contributed by atoms with Gasteiger partial charge in [-0.1, -0.05) is 6.07 Å².